The minimum absolute atomic E-state index is 0.0324. The molecule has 4 N–H and O–H groups in total. The first kappa shape index (κ1) is 12.7. The monoisotopic (exact) mass is 226 g/mol. The fraction of sp³-hybridized carbons (Fsp3) is 0.600. The first-order valence-electron chi connectivity index (χ1n) is 5.24. The third-order valence-corrected chi connectivity index (χ3v) is 1.90. The van der Waals surface area contributed by atoms with E-state index >= 15 is 0 Å². The highest BCUT2D eigenvalue weighted by Crippen LogP contribution is 2.10. The number of aromatic nitrogens is 2. The Balaban J connectivity index is 2.73. The highest BCUT2D eigenvalue weighted by atomic mass is 16.5. The normalized spacial score (nSPS) is 12.4. The Kier molecular flexibility index (Phi) is 4.94. The zero-order valence-electron chi connectivity index (χ0n) is 9.60. The SMILES string of the molecule is CCOCc1nc(N)cc(NC(C)CO)n1. The van der Waals surface area contributed by atoms with E-state index in [1.54, 1.807) is 6.07 Å². The van der Waals surface area contributed by atoms with Crippen LogP contribution in [-0.4, -0.2) is 34.3 Å². The van der Waals surface area contributed by atoms with Crippen molar-refractivity contribution >= 4 is 11.6 Å². The largest absolute Gasteiger partial charge is 0.394 e. The first-order chi connectivity index (χ1) is 7.65. The van der Waals surface area contributed by atoms with E-state index < -0.39 is 0 Å². The third-order valence-electron chi connectivity index (χ3n) is 1.90. The lowest BCUT2D eigenvalue weighted by molar-refractivity contribution is 0.128. The number of aliphatic hydroxyl groups excluding tert-OH is 1. The van der Waals surface area contributed by atoms with E-state index in [2.05, 4.69) is 15.3 Å². The van der Waals surface area contributed by atoms with Crippen LogP contribution < -0.4 is 11.1 Å². The van der Waals surface area contributed by atoms with Gasteiger partial charge in [0.1, 0.15) is 18.2 Å². The van der Waals surface area contributed by atoms with Gasteiger partial charge in [0.2, 0.25) is 0 Å². The van der Waals surface area contributed by atoms with Gasteiger partial charge in [-0.3, -0.25) is 0 Å². The van der Waals surface area contributed by atoms with Crippen LogP contribution in [0.3, 0.4) is 0 Å². The van der Waals surface area contributed by atoms with Crippen molar-refractivity contribution in [1.82, 2.24) is 9.97 Å². The molecule has 0 fully saturated rings. The smallest absolute Gasteiger partial charge is 0.158 e. The van der Waals surface area contributed by atoms with Gasteiger partial charge in [-0.1, -0.05) is 0 Å². The lowest BCUT2D eigenvalue weighted by Crippen LogP contribution is -2.20. The molecule has 0 aliphatic carbocycles. The Bertz CT molecular complexity index is 333. The Morgan fingerprint density at radius 3 is 2.94 bits per heavy atom. The van der Waals surface area contributed by atoms with Gasteiger partial charge in [-0.05, 0) is 13.8 Å². The summed E-state index contributed by atoms with van der Waals surface area (Å²) in [5, 5.41) is 11.9. The summed E-state index contributed by atoms with van der Waals surface area (Å²) in [6.07, 6.45) is 0. The summed E-state index contributed by atoms with van der Waals surface area (Å²) in [6, 6.07) is 1.55. The van der Waals surface area contributed by atoms with Gasteiger partial charge in [-0.25, -0.2) is 9.97 Å². The molecule has 0 saturated heterocycles. The fourth-order valence-corrected chi connectivity index (χ4v) is 1.15. The molecule has 0 radical (unpaired) electrons. The maximum Gasteiger partial charge on any atom is 0.158 e. The molecule has 1 heterocycles. The van der Waals surface area contributed by atoms with Crippen molar-refractivity contribution in [3.05, 3.63) is 11.9 Å². The van der Waals surface area contributed by atoms with Crippen molar-refractivity contribution in [1.29, 1.82) is 0 Å². The number of hydrogen-bond acceptors (Lipinski definition) is 6. The molecule has 1 unspecified atom stereocenters. The first-order valence-corrected chi connectivity index (χ1v) is 5.24. The van der Waals surface area contributed by atoms with Crippen LogP contribution in [0.25, 0.3) is 0 Å². The molecular weight excluding hydrogens is 208 g/mol. The van der Waals surface area contributed by atoms with E-state index in [0.717, 1.165) is 0 Å². The summed E-state index contributed by atoms with van der Waals surface area (Å²) >= 11 is 0. The van der Waals surface area contributed by atoms with Gasteiger partial charge in [0.25, 0.3) is 0 Å². The predicted octanol–water partition coefficient (Wildman–Crippen LogP) is 0.388. The average molecular weight is 226 g/mol. The Morgan fingerprint density at radius 2 is 2.31 bits per heavy atom. The van der Waals surface area contributed by atoms with Crippen LogP contribution >= 0.6 is 0 Å². The van der Waals surface area contributed by atoms with Crippen LogP contribution in [0.1, 0.15) is 19.7 Å². The van der Waals surface area contributed by atoms with Gasteiger partial charge in [0, 0.05) is 18.7 Å². The van der Waals surface area contributed by atoms with Gasteiger partial charge in [-0.2, -0.15) is 0 Å². The summed E-state index contributed by atoms with van der Waals surface area (Å²) in [5.41, 5.74) is 5.64. The van der Waals surface area contributed by atoms with E-state index in [4.69, 9.17) is 15.6 Å². The van der Waals surface area contributed by atoms with E-state index in [1.807, 2.05) is 13.8 Å². The highest BCUT2D eigenvalue weighted by Gasteiger charge is 2.05. The number of nitrogens with two attached hydrogens (primary N) is 1. The molecular formula is C10H18N4O2. The molecule has 6 heteroatoms. The van der Waals surface area contributed by atoms with Crippen LogP contribution in [0.4, 0.5) is 11.6 Å². The molecule has 16 heavy (non-hydrogen) atoms. The third kappa shape index (κ3) is 4.00. The molecule has 0 spiro atoms. The maximum absolute atomic E-state index is 8.91. The second-order valence-electron chi connectivity index (χ2n) is 3.46. The van der Waals surface area contributed by atoms with Crippen molar-refractivity contribution in [2.45, 2.75) is 26.5 Å². The van der Waals surface area contributed by atoms with Crippen LogP contribution in [0.2, 0.25) is 0 Å². The van der Waals surface area contributed by atoms with Crippen LogP contribution in [-0.2, 0) is 11.3 Å². The summed E-state index contributed by atoms with van der Waals surface area (Å²) < 4.78 is 5.20. The molecule has 0 saturated carbocycles. The van der Waals surface area contributed by atoms with Gasteiger partial charge < -0.3 is 20.9 Å². The number of nitrogens with zero attached hydrogens (tertiary/aromatic N) is 2. The topological polar surface area (TPSA) is 93.3 Å². The van der Waals surface area contributed by atoms with Crippen molar-refractivity contribution in [2.75, 3.05) is 24.3 Å². The molecule has 0 aliphatic heterocycles. The number of anilines is 2. The second-order valence-corrected chi connectivity index (χ2v) is 3.46. The summed E-state index contributed by atoms with van der Waals surface area (Å²) in [5.74, 6) is 1.52. The fourth-order valence-electron chi connectivity index (χ4n) is 1.15. The molecule has 6 nitrogen and oxygen atoms in total. The number of nitrogen functional groups attached to an aromatic ring is 1. The lowest BCUT2D eigenvalue weighted by atomic mass is 10.3. The molecule has 0 aromatic carbocycles. The molecule has 1 rings (SSSR count). The van der Waals surface area contributed by atoms with Crippen molar-refractivity contribution in [3.63, 3.8) is 0 Å². The average Bonchev–Trinajstić information content (AvgIpc) is 2.25. The summed E-state index contributed by atoms with van der Waals surface area (Å²) in [7, 11) is 0. The maximum atomic E-state index is 8.91. The quantitative estimate of drug-likeness (QED) is 0.649. The Hall–Kier alpha value is -1.40. The zero-order chi connectivity index (χ0) is 12.0. The van der Waals surface area contributed by atoms with E-state index in [0.29, 0.717) is 30.7 Å². The van der Waals surface area contributed by atoms with Gasteiger partial charge in [0.15, 0.2) is 5.82 Å². The summed E-state index contributed by atoms with van der Waals surface area (Å²) in [4.78, 5) is 8.26. The Labute approximate surface area is 94.9 Å². The van der Waals surface area contributed by atoms with Gasteiger partial charge in [0.05, 0.1) is 6.61 Å². The number of hydrogen-bond donors (Lipinski definition) is 3. The molecule has 1 aromatic heterocycles. The standard InChI is InChI=1S/C10H18N4O2/c1-3-16-6-10-13-8(11)4-9(14-10)12-7(2)5-15/h4,7,15H,3,5-6H2,1-2H3,(H3,11,12,13,14). The minimum Gasteiger partial charge on any atom is -0.394 e. The van der Waals surface area contributed by atoms with E-state index in [1.165, 1.54) is 0 Å². The van der Waals surface area contributed by atoms with Crippen LogP contribution in [0.15, 0.2) is 6.07 Å². The molecule has 1 aromatic rings. The van der Waals surface area contributed by atoms with Gasteiger partial charge in [-0.15, -0.1) is 0 Å². The molecule has 0 bridgehead atoms. The van der Waals surface area contributed by atoms with Crippen molar-refractivity contribution in [2.24, 2.45) is 0 Å². The number of ether oxygens (including phenoxy) is 1. The van der Waals surface area contributed by atoms with E-state index in [9.17, 15) is 0 Å². The Morgan fingerprint density at radius 1 is 1.56 bits per heavy atom. The van der Waals surface area contributed by atoms with Crippen LogP contribution in [0, 0.1) is 0 Å². The summed E-state index contributed by atoms with van der Waals surface area (Å²) in [6.45, 7) is 4.72. The second kappa shape index (κ2) is 6.24. The number of aliphatic hydroxyl groups is 1. The number of nitrogens with one attached hydrogen (secondary N) is 1. The van der Waals surface area contributed by atoms with Crippen molar-refractivity contribution < 1.29 is 9.84 Å². The molecule has 90 valence electrons. The molecule has 0 amide bonds. The minimum atomic E-state index is -0.0748. The van der Waals surface area contributed by atoms with Gasteiger partial charge >= 0.3 is 0 Å². The molecule has 1 atom stereocenters. The van der Waals surface area contributed by atoms with E-state index in [-0.39, 0.29) is 12.6 Å². The zero-order valence-corrected chi connectivity index (χ0v) is 9.60. The van der Waals surface area contributed by atoms with Crippen molar-refractivity contribution in [3.8, 4) is 0 Å². The van der Waals surface area contributed by atoms with Crippen LogP contribution in [0.5, 0.6) is 0 Å². The highest BCUT2D eigenvalue weighted by molar-refractivity contribution is 5.45. The predicted molar refractivity (Wildman–Crippen MR) is 61.9 cm³/mol. The lowest BCUT2D eigenvalue weighted by Gasteiger charge is -2.12. The molecule has 0 aliphatic rings. The number of rotatable bonds is 6.